The predicted octanol–water partition coefficient (Wildman–Crippen LogP) is 2.88. The summed E-state index contributed by atoms with van der Waals surface area (Å²) in [7, 11) is 1.54. The van der Waals surface area contributed by atoms with Gasteiger partial charge in [0.15, 0.2) is 11.3 Å². The topological polar surface area (TPSA) is 95.6 Å². The van der Waals surface area contributed by atoms with Gasteiger partial charge in [0.2, 0.25) is 5.55 Å². The summed E-state index contributed by atoms with van der Waals surface area (Å²) in [5, 5.41) is 20.8. The fraction of sp³-hybridized carbons (Fsp3) is 0.0588. The van der Waals surface area contributed by atoms with Gasteiger partial charge in [-0.15, -0.1) is 0 Å². The van der Waals surface area contributed by atoms with E-state index >= 15 is 0 Å². The van der Waals surface area contributed by atoms with Crippen molar-refractivity contribution in [3.05, 3.63) is 59.6 Å². The normalized spacial score (nSPS) is 10.5. The summed E-state index contributed by atoms with van der Waals surface area (Å²) < 4.78 is 10.4. The first-order valence-corrected chi connectivity index (χ1v) is 6.84. The van der Waals surface area contributed by atoms with Gasteiger partial charge in [0, 0.05) is 17.1 Å². The number of methoxy groups -OCH3 is 1. The van der Waals surface area contributed by atoms with Crippen LogP contribution in [0.5, 0.6) is 11.5 Å². The zero-order valence-corrected chi connectivity index (χ0v) is 12.3. The van der Waals surface area contributed by atoms with E-state index in [0.29, 0.717) is 16.8 Å². The summed E-state index contributed by atoms with van der Waals surface area (Å²) in [4.78, 5) is 12.4. The molecule has 0 saturated carbocycles. The predicted molar refractivity (Wildman–Crippen MR) is 84.7 cm³/mol. The molecule has 116 valence electrons. The van der Waals surface area contributed by atoms with E-state index in [1.54, 1.807) is 36.4 Å². The van der Waals surface area contributed by atoms with Crippen LogP contribution in [-0.2, 0) is 0 Å². The van der Waals surface area contributed by atoms with E-state index < -0.39 is 5.91 Å². The van der Waals surface area contributed by atoms with Crippen molar-refractivity contribution in [3.63, 3.8) is 0 Å². The summed E-state index contributed by atoms with van der Waals surface area (Å²) in [6, 6.07) is 13.2. The number of carbonyl (C=O) groups excluding carboxylic acids is 1. The third-order valence-electron chi connectivity index (χ3n) is 3.35. The molecular formula is C17H14N2O4. The van der Waals surface area contributed by atoms with Crippen LogP contribution < -0.4 is 15.6 Å². The zero-order chi connectivity index (χ0) is 16.4. The Kier molecular flexibility index (Phi) is 3.72. The number of para-hydroxylation sites is 1. The van der Waals surface area contributed by atoms with Crippen LogP contribution in [0.25, 0.3) is 11.0 Å². The average molecular weight is 310 g/mol. The lowest BCUT2D eigenvalue weighted by Crippen LogP contribution is -2.20. The van der Waals surface area contributed by atoms with Gasteiger partial charge >= 0.3 is 0 Å². The van der Waals surface area contributed by atoms with Gasteiger partial charge in [-0.05, 0) is 24.3 Å². The molecule has 3 rings (SSSR count). The number of amides is 1. The highest BCUT2D eigenvalue weighted by Crippen LogP contribution is 2.23. The van der Waals surface area contributed by atoms with Gasteiger partial charge in [-0.1, -0.05) is 18.2 Å². The molecule has 0 aliphatic carbocycles. The molecule has 1 aromatic heterocycles. The van der Waals surface area contributed by atoms with Gasteiger partial charge in [0.05, 0.1) is 7.11 Å². The van der Waals surface area contributed by atoms with Crippen LogP contribution >= 0.6 is 0 Å². The Morgan fingerprint density at radius 1 is 1.22 bits per heavy atom. The summed E-state index contributed by atoms with van der Waals surface area (Å²) in [5.41, 5.74) is 0.477. The molecule has 6 nitrogen and oxygen atoms in total. The first-order valence-electron chi connectivity index (χ1n) is 6.84. The SMILES string of the molecule is COc1cccc(NC(=O)c2cc3cccc(O)c3oc2=N)c1. The second kappa shape index (κ2) is 5.84. The smallest absolute Gasteiger partial charge is 0.261 e. The minimum absolute atomic E-state index is 0.0734. The first kappa shape index (κ1) is 14.6. The van der Waals surface area contributed by atoms with Gasteiger partial charge in [0.1, 0.15) is 11.3 Å². The summed E-state index contributed by atoms with van der Waals surface area (Å²) >= 11 is 0. The lowest BCUT2D eigenvalue weighted by molar-refractivity contribution is 0.102. The third-order valence-corrected chi connectivity index (χ3v) is 3.35. The molecular weight excluding hydrogens is 296 g/mol. The van der Waals surface area contributed by atoms with E-state index in [9.17, 15) is 9.90 Å². The molecule has 3 aromatic rings. The highest BCUT2D eigenvalue weighted by atomic mass is 16.5. The minimum Gasteiger partial charge on any atom is -0.504 e. The molecule has 0 spiro atoms. The van der Waals surface area contributed by atoms with Crippen LogP contribution in [0, 0.1) is 5.41 Å². The Bertz CT molecular complexity index is 947. The highest BCUT2D eigenvalue weighted by molar-refractivity contribution is 6.05. The van der Waals surface area contributed by atoms with E-state index in [0.717, 1.165) is 0 Å². The number of benzene rings is 2. The van der Waals surface area contributed by atoms with E-state index in [-0.39, 0.29) is 22.5 Å². The van der Waals surface area contributed by atoms with Crippen molar-refractivity contribution >= 4 is 22.6 Å². The fourth-order valence-corrected chi connectivity index (χ4v) is 2.21. The maximum absolute atomic E-state index is 12.4. The Hall–Kier alpha value is -3.28. The largest absolute Gasteiger partial charge is 0.504 e. The van der Waals surface area contributed by atoms with Crippen molar-refractivity contribution in [2.45, 2.75) is 0 Å². The van der Waals surface area contributed by atoms with Crippen LogP contribution in [0.2, 0.25) is 0 Å². The second-order valence-electron chi connectivity index (χ2n) is 4.87. The van der Waals surface area contributed by atoms with Crippen LogP contribution in [0.15, 0.2) is 52.9 Å². The Labute approximate surface area is 131 Å². The van der Waals surface area contributed by atoms with Gasteiger partial charge in [-0.2, -0.15) is 0 Å². The lowest BCUT2D eigenvalue weighted by Gasteiger charge is -2.08. The van der Waals surface area contributed by atoms with Crippen LogP contribution in [-0.4, -0.2) is 18.1 Å². The van der Waals surface area contributed by atoms with Crippen molar-refractivity contribution < 1.29 is 19.1 Å². The number of hydrogen-bond acceptors (Lipinski definition) is 5. The Morgan fingerprint density at radius 2 is 2.00 bits per heavy atom. The number of carbonyl (C=O) groups is 1. The number of phenols is 1. The number of phenolic OH excluding ortho intramolecular Hbond substituents is 1. The van der Waals surface area contributed by atoms with Crippen LogP contribution in [0.3, 0.4) is 0 Å². The molecule has 1 heterocycles. The third kappa shape index (κ3) is 2.87. The molecule has 6 heteroatoms. The molecule has 0 bridgehead atoms. The Balaban J connectivity index is 1.97. The molecule has 0 aliphatic heterocycles. The van der Waals surface area contributed by atoms with E-state index in [1.807, 2.05) is 0 Å². The minimum atomic E-state index is -0.475. The van der Waals surface area contributed by atoms with Crippen molar-refractivity contribution in [3.8, 4) is 11.5 Å². The average Bonchev–Trinajstić information content (AvgIpc) is 2.55. The fourth-order valence-electron chi connectivity index (χ4n) is 2.21. The number of rotatable bonds is 3. The molecule has 0 radical (unpaired) electrons. The number of fused-ring (bicyclic) bond motifs is 1. The van der Waals surface area contributed by atoms with Crippen molar-refractivity contribution in [1.82, 2.24) is 0 Å². The van der Waals surface area contributed by atoms with Gasteiger partial charge in [-0.3, -0.25) is 10.2 Å². The monoisotopic (exact) mass is 310 g/mol. The van der Waals surface area contributed by atoms with Crippen molar-refractivity contribution in [1.29, 1.82) is 5.41 Å². The quantitative estimate of drug-likeness (QED) is 0.693. The maximum Gasteiger partial charge on any atom is 0.261 e. The molecule has 0 atom stereocenters. The van der Waals surface area contributed by atoms with Gasteiger partial charge in [-0.25, -0.2) is 0 Å². The summed E-state index contributed by atoms with van der Waals surface area (Å²) in [6.07, 6.45) is 0. The maximum atomic E-state index is 12.4. The van der Waals surface area contributed by atoms with Gasteiger partial charge in [0.25, 0.3) is 5.91 Å². The van der Waals surface area contributed by atoms with E-state index in [4.69, 9.17) is 14.6 Å². The molecule has 2 aromatic carbocycles. The Morgan fingerprint density at radius 3 is 2.78 bits per heavy atom. The van der Waals surface area contributed by atoms with Crippen LogP contribution in [0.1, 0.15) is 10.4 Å². The zero-order valence-electron chi connectivity index (χ0n) is 12.3. The van der Waals surface area contributed by atoms with Crippen molar-refractivity contribution in [2.75, 3.05) is 12.4 Å². The van der Waals surface area contributed by atoms with E-state index in [1.165, 1.54) is 19.2 Å². The van der Waals surface area contributed by atoms with Crippen molar-refractivity contribution in [2.24, 2.45) is 0 Å². The number of nitrogens with one attached hydrogen (secondary N) is 2. The number of ether oxygens (including phenoxy) is 1. The number of hydrogen-bond donors (Lipinski definition) is 3. The molecule has 0 fully saturated rings. The lowest BCUT2D eigenvalue weighted by atomic mass is 10.1. The van der Waals surface area contributed by atoms with Crippen LogP contribution in [0.4, 0.5) is 5.69 Å². The molecule has 0 unspecified atom stereocenters. The molecule has 1 amide bonds. The van der Waals surface area contributed by atoms with Gasteiger partial charge < -0.3 is 19.6 Å². The number of aromatic hydroxyl groups is 1. The molecule has 3 N–H and O–H groups in total. The molecule has 0 aliphatic rings. The second-order valence-corrected chi connectivity index (χ2v) is 4.87. The highest BCUT2D eigenvalue weighted by Gasteiger charge is 2.13. The number of anilines is 1. The standard InChI is InChI=1S/C17H14N2O4/c1-22-12-6-3-5-11(9-12)19-17(21)13-8-10-4-2-7-14(20)15(10)23-16(13)18/h2-9,18,20H,1H3,(H,19,21). The summed E-state index contributed by atoms with van der Waals surface area (Å²) in [6.45, 7) is 0. The molecule has 0 saturated heterocycles. The first-order chi connectivity index (χ1) is 11.1. The summed E-state index contributed by atoms with van der Waals surface area (Å²) in [5.74, 6) is 0.0648. The van der Waals surface area contributed by atoms with E-state index in [2.05, 4.69) is 5.32 Å². The molecule has 23 heavy (non-hydrogen) atoms.